The summed E-state index contributed by atoms with van der Waals surface area (Å²) < 4.78 is 33.3. The van der Waals surface area contributed by atoms with E-state index in [2.05, 4.69) is 6.58 Å². The molecule has 0 fully saturated rings. The third-order valence-corrected chi connectivity index (χ3v) is 3.09. The topological polar surface area (TPSA) is 29.5 Å². The van der Waals surface area contributed by atoms with Crippen LogP contribution in [0.4, 0.5) is 8.78 Å². The molecule has 0 saturated heterocycles. The number of halogens is 2. The van der Waals surface area contributed by atoms with E-state index in [1.807, 2.05) is 6.07 Å². The predicted molar refractivity (Wildman–Crippen MR) is 76.7 cm³/mol. The maximum Gasteiger partial charge on any atom is 0.332 e. The summed E-state index contributed by atoms with van der Waals surface area (Å²) in [5.41, 5.74) is 0.871. The predicted octanol–water partition coefficient (Wildman–Crippen LogP) is 4.09. The monoisotopic (exact) mass is 290 g/mol. The first-order chi connectivity index (χ1) is 10.0. The molecule has 1 N–H and O–H groups in total. The van der Waals surface area contributed by atoms with Gasteiger partial charge in [0.25, 0.3) is 0 Å². The lowest BCUT2D eigenvalue weighted by Crippen LogP contribution is -2.29. The smallest absolute Gasteiger partial charge is 0.332 e. The zero-order chi connectivity index (χ0) is 15.3. The van der Waals surface area contributed by atoms with E-state index in [-0.39, 0.29) is 12.2 Å². The summed E-state index contributed by atoms with van der Waals surface area (Å²) in [6.45, 7) is 3.24. The summed E-state index contributed by atoms with van der Waals surface area (Å²) in [5, 5.41) is 9.83. The molecule has 2 nitrogen and oxygen atoms in total. The molecule has 0 aliphatic heterocycles. The van der Waals surface area contributed by atoms with Gasteiger partial charge in [0.2, 0.25) is 0 Å². The van der Waals surface area contributed by atoms with E-state index in [1.165, 1.54) is 12.1 Å². The molecule has 1 atom stereocenters. The average molecular weight is 290 g/mol. The van der Waals surface area contributed by atoms with E-state index < -0.39 is 17.8 Å². The molecule has 110 valence electrons. The van der Waals surface area contributed by atoms with Crippen molar-refractivity contribution in [3.05, 3.63) is 84.1 Å². The fourth-order valence-electron chi connectivity index (χ4n) is 1.84. The van der Waals surface area contributed by atoms with Crippen molar-refractivity contribution < 1.29 is 18.6 Å². The van der Waals surface area contributed by atoms with Gasteiger partial charge >= 0.3 is 5.92 Å². The molecule has 0 aliphatic rings. The Balaban J connectivity index is 2.03. The number of benzene rings is 2. The van der Waals surface area contributed by atoms with Crippen LogP contribution in [0.25, 0.3) is 0 Å². The van der Waals surface area contributed by atoms with Crippen molar-refractivity contribution in [1.29, 1.82) is 0 Å². The van der Waals surface area contributed by atoms with E-state index in [0.717, 1.165) is 5.56 Å². The van der Waals surface area contributed by atoms with Crippen LogP contribution in [0, 0.1) is 0 Å². The number of hydrogen-bond donors (Lipinski definition) is 1. The van der Waals surface area contributed by atoms with Gasteiger partial charge in [-0.3, -0.25) is 0 Å². The van der Waals surface area contributed by atoms with Gasteiger partial charge in [-0.15, -0.1) is 0 Å². The Labute approximate surface area is 122 Å². The van der Waals surface area contributed by atoms with E-state index >= 15 is 0 Å². The second-order valence-electron chi connectivity index (χ2n) is 4.63. The van der Waals surface area contributed by atoms with Crippen LogP contribution in [0.3, 0.4) is 0 Å². The van der Waals surface area contributed by atoms with Gasteiger partial charge in [-0.2, -0.15) is 8.78 Å². The van der Waals surface area contributed by atoms with Gasteiger partial charge in [-0.1, -0.05) is 67.2 Å². The van der Waals surface area contributed by atoms with E-state index in [9.17, 15) is 13.9 Å². The fourth-order valence-corrected chi connectivity index (χ4v) is 1.84. The molecule has 0 radical (unpaired) electrons. The molecule has 4 heteroatoms. The van der Waals surface area contributed by atoms with Crippen LogP contribution in [-0.4, -0.2) is 11.0 Å². The number of ether oxygens (including phenoxy) is 1. The number of alkyl halides is 2. The van der Waals surface area contributed by atoms with Crippen molar-refractivity contribution in [2.45, 2.75) is 18.6 Å². The lowest BCUT2D eigenvalue weighted by Gasteiger charge is -2.24. The molecule has 0 spiro atoms. The summed E-state index contributed by atoms with van der Waals surface area (Å²) in [7, 11) is 0. The van der Waals surface area contributed by atoms with Gasteiger partial charge in [-0.25, -0.2) is 0 Å². The number of rotatable bonds is 6. The minimum absolute atomic E-state index is 0.0171. The van der Waals surface area contributed by atoms with Crippen LogP contribution in [0.5, 0.6) is 0 Å². The Hall–Kier alpha value is -2.20. The normalized spacial score (nSPS) is 12.7. The first kappa shape index (κ1) is 15.2. The molecular formula is C17H16F2O2. The summed E-state index contributed by atoms with van der Waals surface area (Å²) in [6, 6.07) is 16.7. The van der Waals surface area contributed by atoms with E-state index in [0.29, 0.717) is 0 Å². The molecule has 2 aromatic rings. The molecule has 0 heterocycles. The molecule has 21 heavy (non-hydrogen) atoms. The lowest BCUT2D eigenvalue weighted by molar-refractivity contribution is -0.115. The number of aliphatic hydroxyl groups is 1. The molecule has 0 unspecified atom stereocenters. The Morgan fingerprint density at radius 3 is 2.14 bits per heavy atom. The summed E-state index contributed by atoms with van der Waals surface area (Å²) in [6.07, 6.45) is -1.98. The molecule has 0 aliphatic carbocycles. The van der Waals surface area contributed by atoms with Gasteiger partial charge in [0.05, 0.1) is 0 Å². The lowest BCUT2D eigenvalue weighted by atomic mass is 10.0. The quantitative estimate of drug-likeness (QED) is 0.812. The minimum atomic E-state index is -3.56. The van der Waals surface area contributed by atoms with Crippen LogP contribution < -0.4 is 0 Å². The standard InChI is InChI=1S/C17H16F2O2/c1-13(21-12-14-8-4-2-5-9-14)17(18,19)16(20)15-10-6-3-7-11-15/h2-11,16,20H,1,12H2/t16-/m0/s1. The van der Waals surface area contributed by atoms with Crippen molar-refractivity contribution in [3.8, 4) is 0 Å². The highest BCUT2D eigenvalue weighted by molar-refractivity contribution is 5.23. The number of aliphatic hydroxyl groups excluding tert-OH is 1. The van der Waals surface area contributed by atoms with Crippen LogP contribution in [0.2, 0.25) is 0 Å². The Kier molecular flexibility index (Phi) is 4.70. The third-order valence-electron chi connectivity index (χ3n) is 3.09. The van der Waals surface area contributed by atoms with E-state index in [4.69, 9.17) is 4.74 Å². The van der Waals surface area contributed by atoms with Crippen molar-refractivity contribution in [2.24, 2.45) is 0 Å². The Morgan fingerprint density at radius 1 is 1.05 bits per heavy atom. The summed E-state index contributed by atoms with van der Waals surface area (Å²) in [5.74, 6) is -4.31. The molecule has 0 amide bonds. The maximum absolute atomic E-state index is 14.1. The van der Waals surface area contributed by atoms with Gasteiger partial charge in [0.1, 0.15) is 6.61 Å². The van der Waals surface area contributed by atoms with Gasteiger partial charge < -0.3 is 9.84 Å². The molecular weight excluding hydrogens is 274 g/mol. The zero-order valence-electron chi connectivity index (χ0n) is 11.4. The summed E-state index contributed by atoms with van der Waals surface area (Å²) >= 11 is 0. The molecule has 0 saturated carbocycles. The van der Waals surface area contributed by atoms with Crippen LogP contribution >= 0.6 is 0 Å². The van der Waals surface area contributed by atoms with Crippen molar-refractivity contribution >= 4 is 0 Å². The van der Waals surface area contributed by atoms with Gasteiger partial charge in [-0.05, 0) is 11.1 Å². The fraction of sp³-hybridized carbons (Fsp3) is 0.176. The number of hydrogen-bond acceptors (Lipinski definition) is 2. The second kappa shape index (κ2) is 6.50. The van der Waals surface area contributed by atoms with Crippen molar-refractivity contribution in [1.82, 2.24) is 0 Å². The molecule has 2 rings (SSSR count). The largest absolute Gasteiger partial charge is 0.487 e. The SMILES string of the molecule is C=C(OCc1ccccc1)C(F)(F)[C@@H](O)c1ccccc1. The van der Waals surface area contributed by atoms with Crippen molar-refractivity contribution in [3.63, 3.8) is 0 Å². The van der Waals surface area contributed by atoms with E-state index in [1.54, 1.807) is 42.5 Å². The average Bonchev–Trinajstić information content (AvgIpc) is 2.53. The van der Waals surface area contributed by atoms with Crippen LogP contribution in [0.15, 0.2) is 73.0 Å². The first-order valence-corrected chi connectivity index (χ1v) is 6.48. The third kappa shape index (κ3) is 3.67. The van der Waals surface area contributed by atoms with Crippen molar-refractivity contribution in [2.75, 3.05) is 0 Å². The minimum Gasteiger partial charge on any atom is -0.487 e. The Bertz CT molecular complexity index is 582. The molecule has 0 aromatic heterocycles. The first-order valence-electron chi connectivity index (χ1n) is 6.48. The Morgan fingerprint density at radius 2 is 1.57 bits per heavy atom. The summed E-state index contributed by atoms with van der Waals surface area (Å²) in [4.78, 5) is 0. The molecule has 0 bridgehead atoms. The zero-order valence-corrected chi connectivity index (χ0v) is 11.4. The van der Waals surface area contributed by atoms with Gasteiger partial charge in [0.15, 0.2) is 11.9 Å². The maximum atomic E-state index is 14.1. The highest BCUT2D eigenvalue weighted by atomic mass is 19.3. The highest BCUT2D eigenvalue weighted by Crippen LogP contribution is 2.37. The van der Waals surface area contributed by atoms with Crippen LogP contribution in [-0.2, 0) is 11.3 Å². The van der Waals surface area contributed by atoms with Gasteiger partial charge in [0, 0.05) is 0 Å². The second-order valence-corrected chi connectivity index (χ2v) is 4.63. The highest BCUT2D eigenvalue weighted by Gasteiger charge is 2.44. The molecule has 2 aromatic carbocycles. The van der Waals surface area contributed by atoms with Crippen LogP contribution in [0.1, 0.15) is 17.2 Å².